The van der Waals surface area contributed by atoms with Crippen molar-refractivity contribution in [1.29, 1.82) is 0 Å². The number of nitro groups is 1. The summed E-state index contributed by atoms with van der Waals surface area (Å²) in [6, 6.07) is 0. The zero-order valence-corrected chi connectivity index (χ0v) is 10.7. The molecular formula is C11H16N4O4. The normalized spacial score (nSPS) is 17.1. The summed E-state index contributed by atoms with van der Waals surface area (Å²) >= 11 is 0. The summed E-state index contributed by atoms with van der Waals surface area (Å²) in [5.41, 5.74) is -0.733. The first-order valence-electron chi connectivity index (χ1n) is 6.10. The second kappa shape index (κ2) is 4.96. The molecule has 0 spiro atoms. The fourth-order valence-corrected chi connectivity index (χ4v) is 2.01. The monoisotopic (exact) mass is 268 g/mol. The molecule has 0 atom stereocenters. The van der Waals surface area contributed by atoms with Gasteiger partial charge in [-0.25, -0.2) is 0 Å². The van der Waals surface area contributed by atoms with Crippen molar-refractivity contribution in [3.63, 3.8) is 0 Å². The highest BCUT2D eigenvalue weighted by Crippen LogP contribution is 2.24. The van der Waals surface area contributed by atoms with Gasteiger partial charge in [0.15, 0.2) is 0 Å². The molecule has 0 radical (unpaired) electrons. The maximum absolute atomic E-state index is 11.8. The van der Waals surface area contributed by atoms with Crippen LogP contribution in [0.3, 0.4) is 0 Å². The Hall–Kier alpha value is -1.96. The Bertz CT molecular complexity index is 493. The Labute approximate surface area is 109 Å². The highest BCUT2D eigenvalue weighted by Gasteiger charge is 2.41. The van der Waals surface area contributed by atoms with Crippen LogP contribution >= 0.6 is 0 Å². The van der Waals surface area contributed by atoms with E-state index in [9.17, 15) is 20.0 Å². The van der Waals surface area contributed by atoms with Gasteiger partial charge in [-0.1, -0.05) is 6.92 Å². The lowest BCUT2D eigenvalue weighted by Crippen LogP contribution is -2.63. The van der Waals surface area contributed by atoms with E-state index in [0.717, 1.165) is 0 Å². The van der Waals surface area contributed by atoms with E-state index in [4.69, 9.17) is 0 Å². The van der Waals surface area contributed by atoms with Crippen molar-refractivity contribution in [3.8, 4) is 0 Å². The number of likely N-dealkylation sites (tertiary alicyclic amines) is 1. The second-order valence-corrected chi connectivity index (χ2v) is 4.80. The van der Waals surface area contributed by atoms with Crippen LogP contribution in [0.2, 0.25) is 0 Å². The largest absolute Gasteiger partial charge is 0.386 e. The summed E-state index contributed by atoms with van der Waals surface area (Å²) in [6.07, 6.45) is 3.51. The summed E-state index contributed by atoms with van der Waals surface area (Å²) in [7, 11) is 0. The number of amides is 1. The molecule has 1 aromatic rings. The van der Waals surface area contributed by atoms with E-state index >= 15 is 0 Å². The molecule has 8 nitrogen and oxygen atoms in total. The van der Waals surface area contributed by atoms with E-state index < -0.39 is 10.5 Å². The van der Waals surface area contributed by atoms with E-state index in [-0.39, 0.29) is 18.1 Å². The lowest BCUT2D eigenvalue weighted by molar-refractivity contribution is -0.389. The van der Waals surface area contributed by atoms with Gasteiger partial charge in [-0.3, -0.25) is 4.79 Å². The molecule has 1 fully saturated rings. The van der Waals surface area contributed by atoms with Gasteiger partial charge >= 0.3 is 5.82 Å². The van der Waals surface area contributed by atoms with Crippen molar-refractivity contribution in [3.05, 3.63) is 22.6 Å². The second-order valence-electron chi connectivity index (χ2n) is 4.80. The first kappa shape index (κ1) is 13.5. The number of hydrogen-bond acceptors (Lipinski definition) is 5. The Morgan fingerprint density at radius 3 is 2.84 bits per heavy atom. The molecule has 1 N–H and O–H groups in total. The van der Waals surface area contributed by atoms with Crippen LogP contribution in [-0.2, 0) is 11.3 Å². The Balaban J connectivity index is 1.79. The van der Waals surface area contributed by atoms with Gasteiger partial charge in [0.1, 0.15) is 6.20 Å². The molecule has 0 saturated carbocycles. The molecular weight excluding hydrogens is 252 g/mol. The molecule has 104 valence electrons. The highest BCUT2D eigenvalue weighted by atomic mass is 16.6. The predicted molar refractivity (Wildman–Crippen MR) is 65.3 cm³/mol. The summed E-state index contributed by atoms with van der Waals surface area (Å²) < 4.78 is 1.52. The Morgan fingerprint density at radius 1 is 1.63 bits per heavy atom. The van der Waals surface area contributed by atoms with Crippen LogP contribution in [0.4, 0.5) is 5.82 Å². The first-order chi connectivity index (χ1) is 8.93. The van der Waals surface area contributed by atoms with E-state index in [2.05, 4.69) is 4.98 Å². The third kappa shape index (κ3) is 2.90. The van der Waals surface area contributed by atoms with Gasteiger partial charge in [-0.2, -0.15) is 0 Å². The fraction of sp³-hybridized carbons (Fsp3) is 0.636. The summed E-state index contributed by atoms with van der Waals surface area (Å²) in [4.78, 5) is 26.9. The minimum atomic E-state index is -0.733. The van der Waals surface area contributed by atoms with E-state index in [1.165, 1.54) is 17.1 Å². The van der Waals surface area contributed by atoms with E-state index in [1.54, 1.807) is 4.90 Å². The summed E-state index contributed by atoms with van der Waals surface area (Å²) in [5, 5.41) is 20.3. The van der Waals surface area contributed by atoms with Crippen molar-refractivity contribution >= 4 is 11.7 Å². The maximum atomic E-state index is 11.8. The number of imidazole rings is 1. The van der Waals surface area contributed by atoms with Crippen LogP contribution in [0.5, 0.6) is 0 Å². The maximum Gasteiger partial charge on any atom is 0.381 e. The molecule has 8 heteroatoms. The quantitative estimate of drug-likeness (QED) is 0.605. The van der Waals surface area contributed by atoms with Gasteiger partial charge in [0, 0.05) is 13.0 Å². The molecule has 0 bridgehead atoms. The topological polar surface area (TPSA) is 102 Å². The van der Waals surface area contributed by atoms with Crippen LogP contribution in [0.1, 0.15) is 19.8 Å². The van der Waals surface area contributed by atoms with E-state index in [0.29, 0.717) is 26.1 Å². The lowest BCUT2D eigenvalue weighted by Gasteiger charge is -2.46. The van der Waals surface area contributed by atoms with Crippen LogP contribution < -0.4 is 0 Å². The average Bonchev–Trinajstić information content (AvgIpc) is 2.81. The molecule has 2 rings (SSSR count). The third-order valence-corrected chi connectivity index (χ3v) is 3.37. The number of rotatable bonds is 5. The number of aromatic nitrogens is 2. The standard InChI is InChI=1S/C11H16N4O4/c1-2-11(17)6-14(7-11)10(16)3-4-13-5-9(12-8-13)15(18)19/h5,8,17H,2-4,6-7H2,1H3. The number of β-amino-alcohol motifs (C(OH)–C–C–N with tert-alkyl or cyclic N) is 1. The molecule has 1 aliphatic heterocycles. The number of carbonyl (C=O) groups excluding carboxylic acids is 1. The molecule has 1 aliphatic rings. The number of aliphatic hydroxyl groups is 1. The number of carbonyl (C=O) groups is 1. The average molecular weight is 268 g/mol. The molecule has 1 aromatic heterocycles. The molecule has 0 aromatic carbocycles. The van der Waals surface area contributed by atoms with Crippen molar-refractivity contribution in [1.82, 2.24) is 14.5 Å². The Kier molecular flexibility index (Phi) is 3.52. The molecule has 2 heterocycles. The summed E-state index contributed by atoms with van der Waals surface area (Å²) in [6.45, 7) is 2.96. The van der Waals surface area contributed by atoms with Crippen LogP contribution in [0, 0.1) is 10.1 Å². The van der Waals surface area contributed by atoms with E-state index in [1.807, 2.05) is 6.92 Å². The molecule has 1 amide bonds. The first-order valence-corrected chi connectivity index (χ1v) is 6.10. The minimum absolute atomic E-state index is 0.0607. The third-order valence-electron chi connectivity index (χ3n) is 3.37. The van der Waals surface area contributed by atoms with Crippen molar-refractivity contribution in [2.75, 3.05) is 13.1 Å². The number of aryl methyl sites for hydroxylation is 1. The lowest BCUT2D eigenvalue weighted by atomic mass is 9.91. The van der Waals surface area contributed by atoms with Gasteiger partial charge in [-0.15, -0.1) is 0 Å². The van der Waals surface area contributed by atoms with Gasteiger partial charge in [0.2, 0.25) is 12.2 Å². The molecule has 1 saturated heterocycles. The number of nitrogens with zero attached hydrogens (tertiary/aromatic N) is 4. The predicted octanol–water partition coefficient (Wildman–Crippen LogP) is 0.165. The zero-order valence-electron chi connectivity index (χ0n) is 10.7. The Morgan fingerprint density at radius 2 is 2.32 bits per heavy atom. The molecule has 19 heavy (non-hydrogen) atoms. The van der Waals surface area contributed by atoms with Crippen molar-refractivity contribution in [2.24, 2.45) is 0 Å². The van der Waals surface area contributed by atoms with Gasteiger partial charge in [-0.05, 0) is 16.3 Å². The molecule has 0 unspecified atom stereocenters. The van der Waals surface area contributed by atoms with Crippen LogP contribution in [0.15, 0.2) is 12.5 Å². The van der Waals surface area contributed by atoms with Gasteiger partial charge in [0.25, 0.3) is 0 Å². The smallest absolute Gasteiger partial charge is 0.381 e. The zero-order chi connectivity index (χ0) is 14.0. The fourth-order valence-electron chi connectivity index (χ4n) is 2.01. The van der Waals surface area contributed by atoms with Crippen LogP contribution in [-0.4, -0.2) is 49.1 Å². The number of hydrogen-bond donors (Lipinski definition) is 1. The SMILES string of the molecule is CCC1(O)CN(C(=O)CCn2cnc([N+](=O)[O-])c2)C1. The van der Waals surface area contributed by atoms with Crippen LogP contribution in [0.25, 0.3) is 0 Å². The van der Waals surface area contributed by atoms with Gasteiger partial charge in [0.05, 0.1) is 18.7 Å². The minimum Gasteiger partial charge on any atom is -0.386 e. The summed E-state index contributed by atoms with van der Waals surface area (Å²) in [5.74, 6) is -0.286. The van der Waals surface area contributed by atoms with Crippen molar-refractivity contribution < 1.29 is 14.8 Å². The highest BCUT2D eigenvalue weighted by molar-refractivity contribution is 5.77. The van der Waals surface area contributed by atoms with Gasteiger partial charge < -0.3 is 24.7 Å². The molecule has 0 aliphatic carbocycles. The van der Waals surface area contributed by atoms with Crippen molar-refractivity contribution in [2.45, 2.75) is 31.9 Å².